The summed E-state index contributed by atoms with van der Waals surface area (Å²) < 4.78 is 13.6. The largest absolute Gasteiger partial charge is 0.480 e. The van der Waals surface area contributed by atoms with Gasteiger partial charge in [-0.3, -0.25) is 9.59 Å². The lowest BCUT2D eigenvalue weighted by Gasteiger charge is -2.16. The van der Waals surface area contributed by atoms with Gasteiger partial charge >= 0.3 is 5.97 Å². The number of hydrogen-bond donors (Lipinski definition) is 3. The van der Waals surface area contributed by atoms with Crippen molar-refractivity contribution in [2.24, 2.45) is 5.92 Å². The van der Waals surface area contributed by atoms with E-state index in [1.165, 1.54) is 18.2 Å². The number of hydrogen-bond acceptors (Lipinski definition) is 3. The van der Waals surface area contributed by atoms with Crippen molar-refractivity contribution in [3.8, 4) is 0 Å². The minimum absolute atomic E-state index is 0.0902. The van der Waals surface area contributed by atoms with Crippen LogP contribution in [0.2, 0.25) is 0 Å². The Labute approximate surface area is 134 Å². The fourth-order valence-corrected chi connectivity index (χ4v) is 2.01. The average molecular weight is 324 g/mol. The van der Waals surface area contributed by atoms with Crippen LogP contribution in [0.1, 0.15) is 36.2 Å². The molecule has 0 radical (unpaired) electrons. The number of aliphatic carboxylic acids is 1. The fraction of sp³-hybridized carbons (Fsp3) is 0.438. The summed E-state index contributed by atoms with van der Waals surface area (Å²) in [6.07, 6.45) is 0.279. The maximum absolute atomic E-state index is 13.6. The zero-order valence-corrected chi connectivity index (χ0v) is 13.4. The predicted molar refractivity (Wildman–Crippen MR) is 82.5 cm³/mol. The van der Waals surface area contributed by atoms with E-state index < -0.39 is 36.2 Å². The molecule has 3 N–H and O–H groups in total. The molecule has 0 heterocycles. The van der Waals surface area contributed by atoms with E-state index in [9.17, 15) is 18.8 Å². The normalized spacial score (nSPS) is 11.9. The van der Waals surface area contributed by atoms with Crippen LogP contribution in [0.5, 0.6) is 0 Å². The Kier molecular flexibility index (Phi) is 6.68. The van der Waals surface area contributed by atoms with E-state index in [0.717, 1.165) is 0 Å². The van der Waals surface area contributed by atoms with E-state index in [0.29, 0.717) is 5.56 Å². The van der Waals surface area contributed by atoms with Gasteiger partial charge in [-0.05, 0) is 31.4 Å². The molecule has 126 valence electrons. The van der Waals surface area contributed by atoms with Gasteiger partial charge in [0.05, 0.1) is 12.1 Å². The molecule has 0 saturated heterocycles. The number of aryl methyl sites for hydroxylation is 1. The number of carbonyl (C=O) groups excluding carboxylic acids is 2. The van der Waals surface area contributed by atoms with Crippen molar-refractivity contribution >= 4 is 17.8 Å². The molecule has 23 heavy (non-hydrogen) atoms. The summed E-state index contributed by atoms with van der Waals surface area (Å²) in [4.78, 5) is 34.7. The first kappa shape index (κ1) is 18.6. The molecule has 0 aliphatic carbocycles. The van der Waals surface area contributed by atoms with Gasteiger partial charge < -0.3 is 15.7 Å². The number of carbonyl (C=O) groups is 3. The van der Waals surface area contributed by atoms with Crippen LogP contribution < -0.4 is 10.6 Å². The molecule has 0 unspecified atom stereocenters. The van der Waals surface area contributed by atoms with E-state index in [4.69, 9.17) is 5.11 Å². The van der Waals surface area contributed by atoms with E-state index >= 15 is 0 Å². The van der Waals surface area contributed by atoms with Gasteiger partial charge in [0.25, 0.3) is 5.91 Å². The zero-order valence-electron chi connectivity index (χ0n) is 13.4. The Balaban J connectivity index is 2.59. The van der Waals surface area contributed by atoms with Crippen molar-refractivity contribution in [3.63, 3.8) is 0 Å². The van der Waals surface area contributed by atoms with Gasteiger partial charge in [0.15, 0.2) is 0 Å². The molecule has 0 aliphatic heterocycles. The second-order valence-corrected chi connectivity index (χ2v) is 5.75. The van der Waals surface area contributed by atoms with E-state index in [-0.39, 0.29) is 17.9 Å². The number of carboxylic acid groups (broad SMARTS) is 1. The van der Waals surface area contributed by atoms with Crippen molar-refractivity contribution in [2.75, 3.05) is 6.54 Å². The highest BCUT2D eigenvalue weighted by Crippen LogP contribution is 2.09. The predicted octanol–water partition coefficient (Wildman–Crippen LogP) is 1.48. The molecule has 7 heteroatoms. The lowest BCUT2D eigenvalue weighted by Crippen LogP contribution is -2.46. The molecular weight excluding hydrogens is 303 g/mol. The Hall–Kier alpha value is -2.44. The summed E-state index contributed by atoms with van der Waals surface area (Å²) >= 11 is 0. The van der Waals surface area contributed by atoms with E-state index in [1.54, 1.807) is 6.92 Å². The van der Waals surface area contributed by atoms with E-state index in [1.807, 2.05) is 13.8 Å². The van der Waals surface area contributed by atoms with Crippen LogP contribution >= 0.6 is 0 Å². The summed E-state index contributed by atoms with van der Waals surface area (Å²) in [6.45, 7) is 4.97. The standard InChI is InChI=1S/C16H21FN2O4/c1-9(2)6-13(16(22)23)19-14(20)8-18-15(21)11-7-10(3)4-5-12(11)17/h4-5,7,9,13H,6,8H2,1-3H3,(H,18,21)(H,19,20)(H,22,23)/t13-/m0/s1. The molecule has 0 aliphatic rings. The van der Waals surface area contributed by atoms with Crippen molar-refractivity contribution in [2.45, 2.75) is 33.2 Å². The monoisotopic (exact) mass is 324 g/mol. The summed E-state index contributed by atoms with van der Waals surface area (Å²) in [7, 11) is 0. The number of amides is 2. The third-order valence-electron chi connectivity index (χ3n) is 3.12. The minimum Gasteiger partial charge on any atom is -0.480 e. The van der Waals surface area contributed by atoms with Gasteiger partial charge in [0.1, 0.15) is 11.9 Å². The van der Waals surface area contributed by atoms with Gasteiger partial charge in [0.2, 0.25) is 5.91 Å². The summed E-state index contributed by atoms with van der Waals surface area (Å²) in [5.74, 6) is -3.09. The highest BCUT2D eigenvalue weighted by Gasteiger charge is 2.21. The van der Waals surface area contributed by atoms with Crippen molar-refractivity contribution in [3.05, 3.63) is 35.1 Å². The third kappa shape index (κ3) is 6.06. The van der Waals surface area contributed by atoms with Crippen LogP contribution in [-0.2, 0) is 9.59 Å². The summed E-state index contributed by atoms with van der Waals surface area (Å²) in [5.41, 5.74) is 0.554. The van der Waals surface area contributed by atoms with Gasteiger partial charge in [0, 0.05) is 0 Å². The molecule has 1 aromatic rings. The molecule has 0 saturated carbocycles. The highest BCUT2D eigenvalue weighted by atomic mass is 19.1. The zero-order chi connectivity index (χ0) is 17.6. The van der Waals surface area contributed by atoms with Crippen LogP contribution in [0.3, 0.4) is 0 Å². The molecule has 0 spiro atoms. The maximum Gasteiger partial charge on any atom is 0.326 e. The average Bonchev–Trinajstić information content (AvgIpc) is 2.46. The SMILES string of the molecule is Cc1ccc(F)c(C(=O)NCC(=O)N[C@@H](CC(C)C)C(=O)O)c1. The molecule has 0 fully saturated rings. The van der Waals surface area contributed by atoms with Crippen LogP contribution in [0.15, 0.2) is 18.2 Å². The molecule has 6 nitrogen and oxygen atoms in total. The second-order valence-electron chi connectivity index (χ2n) is 5.75. The van der Waals surface area contributed by atoms with Crippen LogP contribution in [0.25, 0.3) is 0 Å². The Morgan fingerprint density at radius 3 is 2.48 bits per heavy atom. The number of halogens is 1. The summed E-state index contributed by atoms with van der Waals surface area (Å²) in [5, 5.41) is 13.7. The number of rotatable bonds is 7. The first-order valence-electron chi connectivity index (χ1n) is 7.27. The van der Waals surface area contributed by atoms with Gasteiger partial charge in [-0.15, -0.1) is 0 Å². The number of nitrogens with one attached hydrogen (secondary N) is 2. The third-order valence-corrected chi connectivity index (χ3v) is 3.12. The molecule has 1 rings (SSSR count). The Morgan fingerprint density at radius 2 is 1.91 bits per heavy atom. The highest BCUT2D eigenvalue weighted by molar-refractivity contribution is 5.97. The molecule has 0 bridgehead atoms. The first-order valence-corrected chi connectivity index (χ1v) is 7.27. The molecule has 1 atom stereocenters. The van der Waals surface area contributed by atoms with Crippen LogP contribution in [-0.4, -0.2) is 35.5 Å². The van der Waals surface area contributed by atoms with Gasteiger partial charge in [-0.2, -0.15) is 0 Å². The first-order chi connectivity index (χ1) is 10.7. The molecular formula is C16H21FN2O4. The van der Waals surface area contributed by atoms with E-state index in [2.05, 4.69) is 10.6 Å². The van der Waals surface area contributed by atoms with Crippen molar-refractivity contribution in [1.29, 1.82) is 0 Å². The topological polar surface area (TPSA) is 95.5 Å². The van der Waals surface area contributed by atoms with Gasteiger partial charge in [-0.25, -0.2) is 9.18 Å². The molecule has 1 aromatic carbocycles. The number of benzene rings is 1. The van der Waals surface area contributed by atoms with Gasteiger partial charge in [-0.1, -0.05) is 25.5 Å². The van der Waals surface area contributed by atoms with Crippen molar-refractivity contribution < 1.29 is 23.9 Å². The second kappa shape index (κ2) is 8.26. The Bertz CT molecular complexity index is 602. The molecule has 2 amide bonds. The summed E-state index contributed by atoms with van der Waals surface area (Å²) in [6, 6.07) is 3.06. The lowest BCUT2D eigenvalue weighted by atomic mass is 10.0. The van der Waals surface area contributed by atoms with Crippen LogP contribution in [0, 0.1) is 18.7 Å². The smallest absolute Gasteiger partial charge is 0.326 e. The van der Waals surface area contributed by atoms with Crippen molar-refractivity contribution in [1.82, 2.24) is 10.6 Å². The lowest BCUT2D eigenvalue weighted by molar-refractivity contribution is -0.142. The Morgan fingerprint density at radius 1 is 1.26 bits per heavy atom. The number of carboxylic acids is 1. The van der Waals surface area contributed by atoms with Crippen LogP contribution in [0.4, 0.5) is 4.39 Å². The minimum atomic E-state index is -1.14. The quantitative estimate of drug-likeness (QED) is 0.708. The molecule has 0 aromatic heterocycles. The maximum atomic E-state index is 13.6. The fourth-order valence-electron chi connectivity index (χ4n) is 2.01.